The highest BCUT2D eigenvalue weighted by atomic mass is 16.1. The topological polar surface area (TPSA) is 70.7 Å². The molecule has 0 atom stereocenters. The molecule has 0 radical (unpaired) electrons. The van der Waals surface area contributed by atoms with Gasteiger partial charge in [0.05, 0.1) is 17.4 Å². The van der Waals surface area contributed by atoms with Gasteiger partial charge in [0.15, 0.2) is 0 Å². The molecule has 0 fully saturated rings. The third kappa shape index (κ3) is 1.71. The van der Waals surface area contributed by atoms with Gasteiger partial charge in [-0.1, -0.05) is 0 Å². The van der Waals surface area contributed by atoms with Crippen LogP contribution in [-0.2, 0) is 4.79 Å². The maximum atomic E-state index is 10.5. The van der Waals surface area contributed by atoms with Crippen molar-refractivity contribution >= 4 is 23.1 Å². The number of hydrogen-bond acceptors (Lipinski definition) is 3. The van der Waals surface area contributed by atoms with Crippen molar-refractivity contribution in [3.05, 3.63) is 43.0 Å². The number of aromatic amines is 1. The number of nitrogens with one attached hydrogen (secondary N) is 2. The van der Waals surface area contributed by atoms with E-state index in [-0.39, 0.29) is 0 Å². The predicted molar refractivity (Wildman–Crippen MR) is 69.0 cm³/mol. The van der Waals surface area contributed by atoms with E-state index in [2.05, 4.69) is 20.3 Å². The molecule has 1 amide bonds. The van der Waals surface area contributed by atoms with Gasteiger partial charge in [-0.25, -0.2) is 4.98 Å². The first-order chi connectivity index (χ1) is 8.88. The molecule has 2 aromatic heterocycles. The molecule has 0 bridgehead atoms. The van der Waals surface area contributed by atoms with Crippen LogP contribution in [0.2, 0.25) is 0 Å². The summed E-state index contributed by atoms with van der Waals surface area (Å²) in [5, 5.41) is 2.66. The third-order valence-corrected chi connectivity index (χ3v) is 2.74. The minimum atomic E-state index is 0.661. The Labute approximate surface area is 103 Å². The second kappa shape index (κ2) is 4.29. The van der Waals surface area contributed by atoms with Crippen molar-refractivity contribution in [2.24, 2.45) is 0 Å². The molecule has 0 saturated carbocycles. The van der Waals surface area contributed by atoms with Crippen LogP contribution in [0, 0.1) is 0 Å². The van der Waals surface area contributed by atoms with Crippen molar-refractivity contribution < 1.29 is 4.79 Å². The average molecular weight is 238 g/mol. The number of imidazole rings is 1. The second-order valence-corrected chi connectivity index (χ2v) is 3.82. The minimum absolute atomic E-state index is 0.661. The van der Waals surface area contributed by atoms with Gasteiger partial charge in [0.1, 0.15) is 0 Å². The van der Waals surface area contributed by atoms with Crippen LogP contribution in [0.5, 0.6) is 0 Å². The molecule has 0 unspecified atom stereocenters. The number of carbonyl (C=O) groups excluding carboxylic acids is 1. The molecule has 0 aliphatic carbocycles. The van der Waals surface area contributed by atoms with E-state index < -0.39 is 0 Å². The summed E-state index contributed by atoms with van der Waals surface area (Å²) in [4.78, 5) is 21.9. The van der Waals surface area contributed by atoms with E-state index in [4.69, 9.17) is 0 Å². The van der Waals surface area contributed by atoms with Gasteiger partial charge < -0.3 is 10.3 Å². The highest BCUT2D eigenvalue weighted by molar-refractivity contribution is 5.95. The number of hydrogen-bond donors (Lipinski definition) is 2. The Hall–Kier alpha value is -2.69. The van der Waals surface area contributed by atoms with Crippen LogP contribution in [0.4, 0.5) is 5.69 Å². The molecular formula is C13H10N4O. The third-order valence-electron chi connectivity index (χ3n) is 2.74. The molecule has 88 valence electrons. The second-order valence-electron chi connectivity index (χ2n) is 3.82. The lowest BCUT2D eigenvalue weighted by Crippen LogP contribution is -1.94. The molecule has 3 aromatic rings. The number of amides is 1. The van der Waals surface area contributed by atoms with Gasteiger partial charge >= 0.3 is 0 Å². The predicted octanol–water partition coefficient (Wildman–Crippen LogP) is 2.19. The summed E-state index contributed by atoms with van der Waals surface area (Å²) in [7, 11) is 0. The number of rotatable bonds is 3. The van der Waals surface area contributed by atoms with Crippen molar-refractivity contribution in [1.29, 1.82) is 0 Å². The lowest BCUT2D eigenvalue weighted by Gasteiger charge is -2.06. The van der Waals surface area contributed by atoms with Gasteiger partial charge in [-0.05, 0) is 29.8 Å². The summed E-state index contributed by atoms with van der Waals surface area (Å²) in [6.45, 7) is 0. The maximum absolute atomic E-state index is 10.5. The largest absolute Gasteiger partial charge is 0.345 e. The first-order valence-corrected chi connectivity index (χ1v) is 5.46. The Morgan fingerprint density at radius 1 is 1.22 bits per heavy atom. The van der Waals surface area contributed by atoms with E-state index in [1.54, 1.807) is 18.7 Å². The Bertz CT molecular complexity index is 691. The zero-order valence-corrected chi connectivity index (χ0v) is 9.42. The maximum Gasteiger partial charge on any atom is 0.211 e. The van der Waals surface area contributed by atoms with E-state index in [0.717, 1.165) is 27.8 Å². The lowest BCUT2D eigenvalue weighted by molar-refractivity contribution is -0.105. The molecule has 5 nitrogen and oxygen atoms in total. The summed E-state index contributed by atoms with van der Waals surface area (Å²) in [5.74, 6) is 0. The highest BCUT2D eigenvalue weighted by Gasteiger charge is 2.08. The van der Waals surface area contributed by atoms with E-state index >= 15 is 0 Å². The number of nitrogens with zero attached hydrogens (tertiary/aromatic N) is 2. The fourth-order valence-electron chi connectivity index (χ4n) is 1.95. The zero-order chi connectivity index (χ0) is 12.4. The molecule has 0 aliphatic heterocycles. The van der Waals surface area contributed by atoms with Crippen LogP contribution >= 0.6 is 0 Å². The van der Waals surface area contributed by atoms with Crippen LogP contribution in [0.25, 0.3) is 22.2 Å². The van der Waals surface area contributed by atoms with Crippen LogP contribution in [-0.4, -0.2) is 21.4 Å². The molecule has 2 heterocycles. The number of anilines is 1. The van der Waals surface area contributed by atoms with Crippen molar-refractivity contribution in [2.75, 3.05) is 5.32 Å². The Balaban J connectivity index is 2.26. The van der Waals surface area contributed by atoms with Crippen molar-refractivity contribution in [2.45, 2.75) is 0 Å². The van der Waals surface area contributed by atoms with Crippen molar-refractivity contribution in [3.63, 3.8) is 0 Å². The van der Waals surface area contributed by atoms with Gasteiger partial charge in [-0.2, -0.15) is 0 Å². The van der Waals surface area contributed by atoms with Crippen LogP contribution < -0.4 is 5.32 Å². The quantitative estimate of drug-likeness (QED) is 0.687. The van der Waals surface area contributed by atoms with Gasteiger partial charge in [0.25, 0.3) is 0 Å². The Kier molecular flexibility index (Phi) is 2.49. The molecule has 3 rings (SSSR count). The smallest absolute Gasteiger partial charge is 0.211 e. The number of H-pyrrole nitrogens is 1. The van der Waals surface area contributed by atoms with E-state index in [1.165, 1.54) is 0 Å². The van der Waals surface area contributed by atoms with Gasteiger partial charge in [0, 0.05) is 23.6 Å². The molecular weight excluding hydrogens is 228 g/mol. The van der Waals surface area contributed by atoms with E-state index in [1.807, 2.05) is 24.3 Å². The fraction of sp³-hybridized carbons (Fsp3) is 0. The SMILES string of the molecule is O=CNc1cc(-c2ccncc2)c2nc[nH]c2c1. The first kappa shape index (κ1) is 10.5. The van der Waals surface area contributed by atoms with E-state index in [0.29, 0.717) is 6.41 Å². The summed E-state index contributed by atoms with van der Waals surface area (Å²) in [6.07, 6.45) is 5.76. The first-order valence-electron chi connectivity index (χ1n) is 5.46. The minimum Gasteiger partial charge on any atom is -0.345 e. The molecule has 0 saturated heterocycles. The monoisotopic (exact) mass is 238 g/mol. The van der Waals surface area contributed by atoms with E-state index in [9.17, 15) is 4.79 Å². The number of benzene rings is 1. The molecule has 5 heteroatoms. The lowest BCUT2D eigenvalue weighted by atomic mass is 10.0. The van der Waals surface area contributed by atoms with Gasteiger partial charge in [-0.3, -0.25) is 9.78 Å². The standard InChI is InChI=1S/C13H10N4O/c18-8-17-10-5-11(9-1-3-14-4-2-9)13-12(6-10)15-7-16-13/h1-8H,(H,15,16)(H,17,18). The normalized spacial score (nSPS) is 10.4. The molecule has 2 N–H and O–H groups in total. The fourth-order valence-corrected chi connectivity index (χ4v) is 1.95. The van der Waals surface area contributed by atoms with Crippen LogP contribution in [0.3, 0.4) is 0 Å². The number of aromatic nitrogens is 3. The van der Waals surface area contributed by atoms with Crippen LogP contribution in [0.15, 0.2) is 43.0 Å². The van der Waals surface area contributed by atoms with Crippen LogP contribution in [0.1, 0.15) is 0 Å². The van der Waals surface area contributed by atoms with Gasteiger partial charge in [0.2, 0.25) is 6.41 Å². The molecule has 0 spiro atoms. The van der Waals surface area contributed by atoms with Crippen molar-refractivity contribution in [3.8, 4) is 11.1 Å². The summed E-state index contributed by atoms with van der Waals surface area (Å²) in [5.41, 5.74) is 4.46. The number of carbonyl (C=O) groups is 1. The average Bonchev–Trinajstić information content (AvgIpc) is 2.87. The summed E-state index contributed by atoms with van der Waals surface area (Å²) >= 11 is 0. The van der Waals surface area contributed by atoms with Gasteiger partial charge in [-0.15, -0.1) is 0 Å². The molecule has 0 aliphatic rings. The Morgan fingerprint density at radius 2 is 2.06 bits per heavy atom. The molecule has 1 aromatic carbocycles. The number of pyridine rings is 1. The summed E-state index contributed by atoms with van der Waals surface area (Å²) < 4.78 is 0. The zero-order valence-electron chi connectivity index (χ0n) is 9.42. The number of fused-ring (bicyclic) bond motifs is 1. The Morgan fingerprint density at radius 3 is 2.83 bits per heavy atom. The molecule has 18 heavy (non-hydrogen) atoms. The highest BCUT2D eigenvalue weighted by Crippen LogP contribution is 2.29. The summed E-state index contributed by atoms with van der Waals surface area (Å²) in [6, 6.07) is 7.57. The van der Waals surface area contributed by atoms with Crippen molar-refractivity contribution in [1.82, 2.24) is 15.0 Å².